The van der Waals surface area contributed by atoms with Gasteiger partial charge in [-0.3, -0.25) is 0 Å². The molecule has 0 spiro atoms. The van der Waals surface area contributed by atoms with E-state index in [1.165, 1.54) is 25.7 Å². The molecule has 0 amide bonds. The van der Waals surface area contributed by atoms with E-state index in [0.717, 1.165) is 23.1 Å². The Kier molecular flexibility index (Phi) is 3.74. The highest BCUT2D eigenvalue weighted by molar-refractivity contribution is 6.33. The lowest BCUT2D eigenvalue weighted by Crippen LogP contribution is -2.18. The van der Waals surface area contributed by atoms with E-state index in [4.69, 9.17) is 21.1 Å². The van der Waals surface area contributed by atoms with Gasteiger partial charge in [0.05, 0.1) is 10.7 Å². The third-order valence-corrected chi connectivity index (χ3v) is 4.42. The maximum Gasteiger partial charge on any atom is 0.163 e. The first-order chi connectivity index (χ1) is 9.26. The highest BCUT2D eigenvalue weighted by Crippen LogP contribution is 2.39. The van der Waals surface area contributed by atoms with Gasteiger partial charge >= 0.3 is 0 Å². The predicted octanol–water partition coefficient (Wildman–Crippen LogP) is 4.10. The van der Waals surface area contributed by atoms with Crippen LogP contribution in [0, 0.1) is 5.92 Å². The number of fused-ring (bicyclic) bond motifs is 1. The normalized spacial score (nSPS) is 25.4. The number of ether oxygens (including phenoxy) is 2. The Bertz CT molecular complexity index is 464. The van der Waals surface area contributed by atoms with Gasteiger partial charge in [-0.25, -0.2) is 0 Å². The lowest BCUT2D eigenvalue weighted by atomic mass is 10.1. The summed E-state index contributed by atoms with van der Waals surface area (Å²) in [7, 11) is 0. The van der Waals surface area contributed by atoms with E-state index in [0.29, 0.717) is 24.3 Å². The summed E-state index contributed by atoms with van der Waals surface area (Å²) in [5, 5.41) is 4.27. The summed E-state index contributed by atoms with van der Waals surface area (Å²) < 4.78 is 11.1. The molecule has 1 fully saturated rings. The van der Waals surface area contributed by atoms with Crippen LogP contribution in [0.1, 0.15) is 32.6 Å². The highest BCUT2D eigenvalue weighted by atomic mass is 35.5. The Morgan fingerprint density at radius 3 is 2.63 bits per heavy atom. The zero-order chi connectivity index (χ0) is 13.2. The van der Waals surface area contributed by atoms with Crippen LogP contribution >= 0.6 is 11.6 Å². The minimum absolute atomic E-state index is 0.532. The number of halogens is 1. The SMILES string of the molecule is CCC1CCC(Nc2cc3c(cc2Cl)OCCO3)C1. The van der Waals surface area contributed by atoms with Crippen molar-refractivity contribution in [3.05, 3.63) is 17.2 Å². The summed E-state index contributed by atoms with van der Waals surface area (Å²) in [5.74, 6) is 2.40. The monoisotopic (exact) mass is 281 g/mol. The van der Waals surface area contributed by atoms with E-state index in [1.807, 2.05) is 12.1 Å². The molecule has 4 heteroatoms. The van der Waals surface area contributed by atoms with Crippen molar-refractivity contribution in [3.8, 4) is 11.5 Å². The van der Waals surface area contributed by atoms with Crippen LogP contribution in [0.2, 0.25) is 5.02 Å². The summed E-state index contributed by atoms with van der Waals surface area (Å²) in [5.41, 5.74) is 0.965. The van der Waals surface area contributed by atoms with Crippen LogP contribution in [0.15, 0.2) is 12.1 Å². The Hall–Kier alpha value is -1.09. The van der Waals surface area contributed by atoms with Gasteiger partial charge < -0.3 is 14.8 Å². The summed E-state index contributed by atoms with van der Waals surface area (Å²) >= 11 is 6.31. The molecular weight excluding hydrogens is 262 g/mol. The summed E-state index contributed by atoms with van der Waals surface area (Å²) in [4.78, 5) is 0. The standard InChI is InChI=1S/C15H20ClNO2/c1-2-10-3-4-11(7-10)17-13-9-15-14(8-12(13)16)18-5-6-19-15/h8-11,17H,2-7H2,1H3. The minimum atomic E-state index is 0.532. The van der Waals surface area contributed by atoms with Crippen molar-refractivity contribution in [2.24, 2.45) is 5.92 Å². The summed E-state index contributed by atoms with van der Waals surface area (Å²) in [6, 6.07) is 4.35. The van der Waals surface area contributed by atoms with Gasteiger partial charge in [-0.15, -0.1) is 0 Å². The number of anilines is 1. The van der Waals surface area contributed by atoms with Crippen LogP contribution in [-0.2, 0) is 0 Å². The maximum absolute atomic E-state index is 6.31. The van der Waals surface area contributed by atoms with Crippen LogP contribution in [0.5, 0.6) is 11.5 Å². The van der Waals surface area contributed by atoms with E-state index in [-0.39, 0.29) is 0 Å². The van der Waals surface area contributed by atoms with E-state index >= 15 is 0 Å². The lowest BCUT2D eigenvalue weighted by molar-refractivity contribution is 0.171. The smallest absolute Gasteiger partial charge is 0.163 e. The molecule has 1 saturated carbocycles. The first-order valence-corrected chi connectivity index (χ1v) is 7.49. The first-order valence-electron chi connectivity index (χ1n) is 7.12. The maximum atomic E-state index is 6.31. The fraction of sp³-hybridized carbons (Fsp3) is 0.600. The molecule has 3 nitrogen and oxygen atoms in total. The molecule has 19 heavy (non-hydrogen) atoms. The van der Waals surface area contributed by atoms with Crippen LogP contribution in [-0.4, -0.2) is 19.3 Å². The van der Waals surface area contributed by atoms with Gasteiger partial charge in [0, 0.05) is 18.2 Å². The predicted molar refractivity (Wildman–Crippen MR) is 77.5 cm³/mol. The quantitative estimate of drug-likeness (QED) is 0.905. The zero-order valence-electron chi connectivity index (χ0n) is 11.2. The van der Waals surface area contributed by atoms with Crippen LogP contribution in [0.4, 0.5) is 5.69 Å². The Morgan fingerprint density at radius 1 is 1.21 bits per heavy atom. The third kappa shape index (κ3) is 2.76. The fourth-order valence-electron chi connectivity index (χ4n) is 2.97. The molecule has 0 radical (unpaired) electrons. The van der Waals surface area contributed by atoms with Gasteiger partial charge in [-0.1, -0.05) is 24.9 Å². The second-order valence-corrected chi connectivity index (χ2v) is 5.81. The van der Waals surface area contributed by atoms with Gasteiger partial charge in [0.1, 0.15) is 13.2 Å². The molecule has 1 N–H and O–H groups in total. The third-order valence-electron chi connectivity index (χ3n) is 4.11. The zero-order valence-corrected chi connectivity index (χ0v) is 12.0. The van der Waals surface area contributed by atoms with Crippen LogP contribution < -0.4 is 14.8 Å². The van der Waals surface area contributed by atoms with Crippen molar-refractivity contribution in [1.82, 2.24) is 0 Å². The van der Waals surface area contributed by atoms with Crippen LogP contribution in [0.3, 0.4) is 0 Å². The number of hydrogen-bond acceptors (Lipinski definition) is 3. The van der Waals surface area contributed by atoms with Gasteiger partial charge in [0.25, 0.3) is 0 Å². The fourth-order valence-corrected chi connectivity index (χ4v) is 3.18. The number of benzene rings is 1. The highest BCUT2D eigenvalue weighted by Gasteiger charge is 2.24. The molecule has 0 saturated heterocycles. The Labute approximate surface area is 119 Å². The van der Waals surface area contributed by atoms with Gasteiger partial charge in [-0.05, 0) is 25.2 Å². The molecule has 2 unspecified atom stereocenters. The summed E-state index contributed by atoms with van der Waals surface area (Å²) in [6.45, 7) is 3.47. The Balaban J connectivity index is 1.74. The first kappa shape index (κ1) is 12.9. The molecule has 1 heterocycles. The molecule has 0 aromatic heterocycles. The van der Waals surface area contributed by atoms with Gasteiger partial charge in [0.2, 0.25) is 0 Å². The second-order valence-electron chi connectivity index (χ2n) is 5.40. The molecule has 1 aromatic rings. The second kappa shape index (κ2) is 5.49. The molecule has 1 aromatic carbocycles. The average Bonchev–Trinajstić information content (AvgIpc) is 2.87. The van der Waals surface area contributed by atoms with E-state index in [2.05, 4.69) is 12.2 Å². The number of nitrogens with one attached hydrogen (secondary N) is 1. The summed E-state index contributed by atoms with van der Waals surface area (Å²) in [6.07, 6.45) is 5.05. The van der Waals surface area contributed by atoms with Gasteiger partial charge in [0.15, 0.2) is 11.5 Å². The minimum Gasteiger partial charge on any atom is -0.486 e. The average molecular weight is 282 g/mol. The van der Waals surface area contributed by atoms with E-state index in [1.54, 1.807) is 0 Å². The Morgan fingerprint density at radius 2 is 1.95 bits per heavy atom. The van der Waals surface area contributed by atoms with Crippen molar-refractivity contribution >= 4 is 17.3 Å². The van der Waals surface area contributed by atoms with E-state index in [9.17, 15) is 0 Å². The van der Waals surface area contributed by atoms with Crippen LogP contribution in [0.25, 0.3) is 0 Å². The molecule has 1 aliphatic heterocycles. The molecule has 2 aliphatic rings. The molecular formula is C15H20ClNO2. The molecule has 1 aliphatic carbocycles. The van der Waals surface area contributed by atoms with Gasteiger partial charge in [-0.2, -0.15) is 0 Å². The lowest BCUT2D eigenvalue weighted by Gasteiger charge is -2.22. The van der Waals surface area contributed by atoms with Crippen molar-refractivity contribution in [1.29, 1.82) is 0 Å². The van der Waals surface area contributed by atoms with Crippen molar-refractivity contribution < 1.29 is 9.47 Å². The van der Waals surface area contributed by atoms with E-state index < -0.39 is 0 Å². The van der Waals surface area contributed by atoms with Crippen molar-refractivity contribution in [2.45, 2.75) is 38.6 Å². The number of rotatable bonds is 3. The molecule has 0 bridgehead atoms. The molecule has 3 rings (SSSR count). The molecule has 2 atom stereocenters. The topological polar surface area (TPSA) is 30.5 Å². The number of hydrogen-bond donors (Lipinski definition) is 1. The van der Waals surface area contributed by atoms with Crippen molar-refractivity contribution in [2.75, 3.05) is 18.5 Å². The molecule has 104 valence electrons. The largest absolute Gasteiger partial charge is 0.486 e. The van der Waals surface area contributed by atoms with Crippen molar-refractivity contribution in [3.63, 3.8) is 0 Å².